The normalized spacial score (nSPS) is 20.5. The molecule has 1 amide bonds. The van der Waals surface area contributed by atoms with Gasteiger partial charge in [-0.2, -0.15) is 5.26 Å². The number of nitrogens with two attached hydrogens (primary N) is 1. The number of nitriles is 1. The van der Waals surface area contributed by atoms with Gasteiger partial charge in [0.1, 0.15) is 0 Å². The number of carbonyl (C=O) groups excluding carboxylic acids is 1. The largest absolute Gasteiger partial charge is 0.328 e. The number of anilines is 1. The maximum Gasteiger partial charge on any atom is 0.238 e. The van der Waals surface area contributed by atoms with E-state index in [-0.39, 0.29) is 11.9 Å². The minimum atomic E-state index is -0.0231. The van der Waals surface area contributed by atoms with Crippen molar-refractivity contribution in [1.29, 1.82) is 5.26 Å². The van der Waals surface area contributed by atoms with E-state index in [9.17, 15) is 4.79 Å². The number of amides is 1. The first-order chi connectivity index (χ1) is 10.1. The second-order valence-corrected chi connectivity index (χ2v) is 5.73. The van der Waals surface area contributed by atoms with Crippen LogP contribution in [0.3, 0.4) is 0 Å². The first-order valence-corrected chi connectivity index (χ1v) is 7.36. The van der Waals surface area contributed by atoms with E-state index in [2.05, 4.69) is 16.3 Å². The van der Waals surface area contributed by atoms with E-state index in [4.69, 9.17) is 11.0 Å². The van der Waals surface area contributed by atoms with Gasteiger partial charge >= 0.3 is 0 Å². The molecule has 1 heterocycles. The van der Waals surface area contributed by atoms with Gasteiger partial charge in [-0.15, -0.1) is 0 Å². The third-order valence-corrected chi connectivity index (χ3v) is 3.95. The third kappa shape index (κ3) is 4.55. The van der Waals surface area contributed by atoms with Crippen molar-refractivity contribution in [2.24, 2.45) is 11.7 Å². The van der Waals surface area contributed by atoms with E-state index in [1.807, 2.05) is 6.92 Å². The molecular weight excluding hydrogens is 264 g/mol. The number of likely N-dealkylation sites (tertiary alicyclic amines) is 1. The molecule has 1 fully saturated rings. The average molecular weight is 286 g/mol. The minimum Gasteiger partial charge on any atom is -0.328 e. The van der Waals surface area contributed by atoms with E-state index >= 15 is 0 Å². The van der Waals surface area contributed by atoms with Crippen molar-refractivity contribution in [3.05, 3.63) is 29.8 Å². The zero-order valence-corrected chi connectivity index (χ0v) is 12.4. The van der Waals surface area contributed by atoms with Gasteiger partial charge in [-0.05, 0) is 56.5 Å². The van der Waals surface area contributed by atoms with Crippen molar-refractivity contribution in [2.45, 2.75) is 25.8 Å². The van der Waals surface area contributed by atoms with Crippen LogP contribution in [0.2, 0.25) is 0 Å². The summed E-state index contributed by atoms with van der Waals surface area (Å²) in [6.07, 6.45) is 2.24. The lowest BCUT2D eigenvalue weighted by molar-refractivity contribution is -0.117. The average Bonchev–Trinajstić information content (AvgIpc) is 2.48. The molecule has 2 unspecified atom stereocenters. The summed E-state index contributed by atoms with van der Waals surface area (Å²) in [4.78, 5) is 14.2. The number of carbonyl (C=O) groups is 1. The molecule has 3 N–H and O–H groups in total. The molecule has 0 spiro atoms. The zero-order chi connectivity index (χ0) is 15.2. The Labute approximate surface area is 125 Å². The summed E-state index contributed by atoms with van der Waals surface area (Å²) in [7, 11) is 0. The van der Waals surface area contributed by atoms with Crippen LogP contribution in [0, 0.1) is 17.2 Å². The predicted octanol–water partition coefficient (Wildman–Crippen LogP) is 1.56. The highest BCUT2D eigenvalue weighted by Crippen LogP contribution is 2.18. The van der Waals surface area contributed by atoms with Crippen LogP contribution in [0.4, 0.5) is 5.69 Å². The Morgan fingerprint density at radius 2 is 2.24 bits per heavy atom. The van der Waals surface area contributed by atoms with Crippen molar-refractivity contribution in [1.82, 2.24) is 4.90 Å². The number of rotatable bonds is 4. The molecule has 0 radical (unpaired) electrons. The number of benzene rings is 1. The summed E-state index contributed by atoms with van der Waals surface area (Å²) in [5, 5.41) is 11.6. The smallest absolute Gasteiger partial charge is 0.238 e. The van der Waals surface area contributed by atoms with Gasteiger partial charge < -0.3 is 11.1 Å². The Morgan fingerprint density at radius 3 is 2.86 bits per heavy atom. The van der Waals surface area contributed by atoms with Gasteiger partial charge in [0.2, 0.25) is 5.91 Å². The van der Waals surface area contributed by atoms with Gasteiger partial charge in [0.25, 0.3) is 0 Å². The van der Waals surface area contributed by atoms with Crippen molar-refractivity contribution in [3.63, 3.8) is 0 Å². The lowest BCUT2D eigenvalue weighted by Crippen LogP contribution is -2.45. The first kappa shape index (κ1) is 15.5. The highest BCUT2D eigenvalue weighted by atomic mass is 16.2. The molecule has 0 aromatic heterocycles. The number of piperidine rings is 1. The molecule has 0 saturated carbocycles. The summed E-state index contributed by atoms with van der Waals surface area (Å²) in [6.45, 7) is 4.26. The van der Waals surface area contributed by atoms with Crippen LogP contribution >= 0.6 is 0 Å². The summed E-state index contributed by atoms with van der Waals surface area (Å²) in [5.74, 6) is 0.450. The highest BCUT2D eigenvalue weighted by Gasteiger charge is 2.23. The summed E-state index contributed by atoms with van der Waals surface area (Å²) in [6, 6.07) is 9.12. The molecule has 2 rings (SSSR count). The molecule has 1 aliphatic heterocycles. The van der Waals surface area contributed by atoms with Gasteiger partial charge in [-0.3, -0.25) is 9.69 Å². The van der Waals surface area contributed by atoms with Gasteiger partial charge in [0, 0.05) is 18.3 Å². The molecule has 5 nitrogen and oxygen atoms in total. The van der Waals surface area contributed by atoms with Gasteiger partial charge in [0.05, 0.1) is 18.2 Å². The van der Waals surface area contributed by atoms with Crippen LogP contribution in [0.1, 0.15) is 25.3 Å². The topological polar surface area (TPSA) is 82.2 Å². The Morgan fingerprint density at radius 1 is 1.52 bits per heavy atom. The van der Waals surface area contributed by atoms with E-state index < -0.39 is 0 Å². The molecule has 112 valence electrons. The van der Waals surface area contributed by atoms with Crippen LogP contribution in [0.5, 0.6) is 0 Å². The molecule has 1 aromatic rings. The van der Waals surface area contributed by atoms with Crippen LogP contribution in [0.25, 0.3) is 0 Å². The third-order valence-electron chi connectivity index (χ3n) is 3.95. The summed E-state index contributed by atoms with van der Waals surface area (Å²) >= 11 is 0. The van der Waals surface area contributed by atoms with Crippen LogP contribution < -0.4 is 11.1 Å². The monoisotopic (exact) mass is 286 g/mol. The van der Waals surface area contributed by atoms with Gasteiger partial charge in [-0.25, -0.2) is 0 Å². The lowest BCUT2D eigenvalue weighted by Gasteiger charge is -2.34. The predicted molar refractivity (Wildman–Crippen MR) is 82.6 cm³/mol. The fourth-order valence-electron chi connectivity index (χ4n) is 2.70. The second kappa shape index (κ2) is 7.21. The Bertz CT molecular complexity index is 518. The molecule has 1 saturated heterocycles. The molecule has 0 bridgehead atoms. The lowest BCUT2D eigenvalue weighted by atomic mass is 9.92. The fourth-order valence-corrected chi connectivity index (χ4v) is 2.70. The first-order valence-electron chi connectivity index (χ1n) is 7.36. The van der Waals surface area contributed by atoms with Crippen LogP contribution in [-0.4, -0.2) is 36.5 Å². The van der Waals surface area contributed by atoms with Crippen LogP contribution in [0.15, 0.2) is 24.3 Å². The zero-order valence-electron chi connectivity index (χ0n) is 12.4. The van der Waals surface area contributed by atoms with E-state index in [0.717, 1.165) is 31.6 Å². The van der Waals surface area contributed by atoms with Crippen molar-refractivity contribution in [3.8, 4) is 6.07 Å². The Hall–Kier alpha value is -1.90. The number of hydrogen-bond donors (Lipinski definition) is 2. The minimum absolute atomic E-state index is 0.0231. The van der Waals surface area contributed by atoms with Crippen LogP contribution in [-0.2, 0) is 4.79 Å². The fraction of sp³-hybridized carbons (Fsp3) is 0.500. The highest BCUT2D eigenvalue weighted by molar-refractivity contribution is 5.92. The molecule has 2 atom stereocenters. The van der Waals surface area contributed by atoms with E-state index in [1.54, 1.807) is 24.3 Å². The van der Waals surface area contributed by atoms with E-state index in [1.165, 1.54) is 0 Å². The van der Waals surface area contributed by atoms with Crippen molar-refractivity contribution >= 4 is 11.6 Å². The molecule has 5 heteroatoms. The van der Waals surface area contributed by atoms with Crippen molar-refractivity contribution in [2.75, 3.05) is 25.0 Å². The van der Waals surface area contributed by atoms with Gasteiger partial charge in [0.15, 0.2) is 0 Å². The standard InChI is InChI=1S/C16H22N4O/c1-12(18)14-3-2-8-20(10-14)11-16(21)19-15-6-4-13(9-17)5-7-15/h4-7,12,14H,2-3,8,10-11,18H2,1H3,(H,19,21). The van der Waals surface area contributed by atoms with Gasteiger partial charge in [-0.1, -0.05) is 0 Å². The molecule has 21 heavy (non-hydrogen) atoms. The molecular formula is C16H22N4O. The van der Waals surface area contributed by atoms with Crippen molar-refractivity contribution < 1.29 is 4.79 Å². The SMILES string of the molecule is CC(N)C1CCCN(CC(=O)Nc2ccc(C#N)cc2)C1. The molecule has 1 aliphatic rings. The Kier molecular flexibility index (Phi) is 5.32. The van der Waals surface area contributed by atoms with E-state index in [0.29, 0.717) is 18.0 Å². The number of nitrogens with zero attached hydrogens (tertiary/aromatic N) is 2. The quantitative estimate of drug-likeness (QED) is 0.880. The maximum absolute atomic E-state index is 12.1. The Balaban J connectivity index is 1.85. The summed E-state index contributed by atoms with van der Waals surface area (Å²) in [5.41, 5.74) is 7.27. The maximum atomic E-state index is 12.1. The molecule has 1 aromatic carbocycles. The molecule has 0 aliphatic carbocycles. The number of nitrogens with one attached hydrogen (secondary N) is 1. The second-order valence-electron chi connectivity index (χ2n) is 5.73. The summed E-state index contributed by atoms with van der Waals surface area (Å²) < 4.78 is 0. The number of hydrogen-bond acceptors (Lipinski definition) is 4.